The zero-order valence-corrected chi connectivity index (χ0v) is 10.9. The molecule has 6 heteroatoms. The summed E-state index contributed by atoms with van der Waals surface area (Å²) >= 11 is 0. The van der Waals surface area contributed by atoms with Crippen LogP contribution in [0.2, 0.25) is 0 Å². The van der Waals surface area contributed by atoms with Gasteiger partial charge in [0.25, 0.3) is 5.69 Å². The summed E-state index contributed by atoms with van der Waals surface area (Å²) in [4.78, 5) is 10.6. The number of nitro groups is 1. The minimum atomic E-state index is -0.388. The lowest BCUT2D eigenvalue weighted by Crippen LogP contribution is -2.10. The molecule has 6 nitrogen and oxygen atoms in total. The van der Waals surface area contributed by atoms with Crippen LogP contribution < -0.4 is 10.1 Å². The van der Waals surface area contributed by atoms with Crippen molar-refractivity contribution >= 4 is 11.4 Å². The van der Waals surface area contributed by atoms with Gasteiger partial charge in [0.1, 0.15) is 11.4 Å². The Morgan fingerprint density at radius 2 is 2.42 bits per heavy atom. The maximum absolute atomic E-state index is 10.9. The molecule has 1 atom stereocenters. The molecule has 1 aliphatic rings. The average Bonchev–Trinajstić information content (AvgIpc) is 2.91. The maximum Gasteiger partial charge on any atom is 0.292 e. The predicted molar refractivity (Wildman–Crippen MR) is 71.7 cm³/mol. The van der Waals surface area contributed by atoms with Gasteiger partial charge in [-0.15, -0.1) is 0 Å². The highest BCUT2D eigenvalue weighted by Crippen LogP contribution is 2.29. The van der Waals surface area contributed by atoms with Crippen LogP contribution in [-0.2, 0) is 4.74 Å². The molecular formula is C13H18N2O4. The van der Waals surface area contributed by atoms with E-state index < -0.39 is 0 Å². The Kier molecular flexibility index (Phi) is 4.57. The van der Waals surface area contributed by atoms with Gasteiger partial charge in [0, 0.05) is 31.9 Å². The Balaban J connectivity index is 1.98. The van der Waals surface area contributed by atoms with Gasteiger partial charge in [-0.1, -0.05) is 0 Å². The van der Waals surface area contributed by atoms with Crippen LogP contribution in [0.25, 0.3) is 0 Å². The molecule has 0 radical (unpaired) electrons. The Morgan fingerprint density at radius 3 is 3.05 bits per heavy atom. The van der Waals surface area contributed by atoms with E-state index in [0.29, 0.717) is 23.9 Å². The van der Waals surface area contributed by atoms with Gasteiger partial charge < -0.3 is 14.8 Å². The summed E-state index contributed by atoms with van der Waals surface area (Å²) in [5.41, 5.74) is 0.576. The number of nitrogens with one attached hydrogen (secondary N) is 1. The van der Waals surface area contributed by atoms with Crippen molar-refractivity contribution in [2.45, 2.75) is 12.8 Å². The SMILES string of the molecule is COc1ccc([N+](=O)[O-])c(NCCC2CCOC2)c1. The fourth-order valence-electron chi connectivity index (χ4n) is 2.16. The van der Waals surface area contributed by atoms with E-state index in [1.807, 2.05) is 0 Å². The van der Waals surface area contributed by atoms with Crippen LogP contribution in [0.1, 0.15) is 12.8 Å². The van der Waals surface area contributed by atoms with Crippen LogP contribution in [0.15, 0.2) is 18.2 Å². The highest BCUT2D eigenvalue weighted by molar-refractivity contribution is 5.64. The van der Waals surface area contributed by atoms with Crippen molar-refractivity contribution in [3.63, 3.8) is 0 Å². The molecule has 19 heavy (non-hydrogen) atoms. The second-order valence-electron chi connectivity index (χ2n) is 4.59. The quantitative estimate of drug-likeness (QED) is 0.632. The van der Waals surface area contributed by atoms with Gasteiger partial charge in [-0.2, -0.15) is 0 Å². The molecule has 1 aliphatic heterocycles. The molecule has 2 rings (SSSR count). The van der Waals surface area contributed by atoms with Gasteiger partial charge in [0.05, 0.1) is 12.0 Å². The van der Waals surface area contributed by atoms with Crippen LogP contribution in [0.3, 0.4) is 0 Å². The molecule has 1 N–H and O–H groups in total. The number of benzene rings is 1. The normalized spacial score (nSPS) is 18.3. The molecule has 0 amide bonds. The topological polar surface area (TPSA) is 73.6 Å². The fraction of sp³-hybridized carbons (Fsp3) is 0.538. The molecule has 1 aromatic carbocycles. The third-order valence-corrected chi connectivity index (χ3v) is 3.29. The van der Waals surface area contributed by atoms with E-state index in [2.05, 4.69) is 5.32 Å². The largest absolute Gasteiger partial charge is 0.497 e. The summed E-state index contributed by atoms with van der Waals surface area (Å²) in [6.07, 6.45) is 2.02. The average molecular weight is 266 g/mol. The Hall–Kier alpha value is -1.82. The second-order valence-corrected chi connectivity index (χ2v) is 4.59. The molecule has 1 saturated heterocycles. The zero-order chi connectivity index (χ0) is 13.7. The van der Waals surface area contributed by atoms with Gasteiger partial charge in [-0.25, -0.2) is 0 Å². The number of rotatable bonds is 6. The van der Waals surface area contributed by atoms with Crippen LogP contribution in [0.4, 0.5) is 11.4 Å². The summed E-state index contributed by atoms with van der Waals surface area (Å²) in [5, 5.41) is 14.1. The van der Waals surface area contributed by atoms with Crippen LogP contribution in [0, 0.1) is 16.0 Å². The highest BCUT2D eigenvalue weighted by atomic mass is 16.6. The second kappa shape index (κ2) is 6.38. The highest BCUT2D eigenvalue weighted by Gasteiger charge is 2.17. The summed E-state index contributed by atoms with van der Waals surface area (Å²) in [6.45, 7) is 2.31. The summed E-state index contributed by atoms with van der Waals surface area (Å²) in [6, 6.07) is 4.71. The van der Waals surface area contributed by atoms with Crippen LogP contribution >= 0.6 is 0 Å². The lowest BCUT2D eigenvalue weighted by molar-refractivity contribution is -0.384. The third-order valence-electron chi connectivity index (χ3n) is 3.29. The van der Waals surface area contributed by atoms with Gasteiger partial charge in [0.15, 0.2) is 0 Å². The van der Waals surface area contributed by atoms with E-state index in [4.69, 9.17) is 9.47 Å². The van der Waals surface area contributed by atoms with Crippen molar-refractivity contribution in [2.75, 3.05) is 32.2 Å². The minimum Gasteiger partial charge on any atom is -0.497 e. The molecule has 0 spiro atoms. The van der Waals surface area contributed by atoms with E-state index in [1.165, 1.54) is 6.07 Å². The van der Waals surface area contributed by atoms with Crippen molar-refractivity contribution in [3.05, 3.63) is 28.3 Å². The Bertz CT molecular complexity index is 444. The fourth-order valence-corrected chi connectivity index (χ4v) is 2.16. The van der Waals surface area contributed by atoms with Crippen molar-refractivity contribution in [2.24, 2.45) is 5.92 Å². The number of nitro benzene ring substituents is 1. The molecule has 0 aliphatic carbocycles. The van der Waals surface area contributed by atoms with Gasteiger partial charge in [0.2, 0.25) is 0 Å². The molecule has 0 saturated carbocycles. The number of anilines is 1. The van der Waals surface area contributed by atoms with Crippen LogP contribution in [-0.4, -0.2) is 31.8 Å². The van der Waals surface area contributed by atoms with Crippen molar-refractivity contribution < 1.29 is 14.4 Å². The standard InChI is InChI=1S/C13H18N2O4/c1-18-11-2-3-13(15(16)17)12(8-11)14-6-4-10-5-7-19-9-10/h2-3,8,10,14H,4-7,9H2,1H3. The minimum absolute atomic E-state index is 0.0727. The Labute approximate surface area is 111 Å². The first-order valence-electron chi connectivity index (χ1n) is 6.34. The first-order chi connectivity index (χ1) is 9.20. The van der Waals surface area contributed by atoms with Crippen molar-refractivity contribution in [1.82, 2.24) is 0 Å². The number of methoxy groups -OCH3 is 1. The van der Waals surface area contributed by atoms with E-state index in [9.17, 15) is 10.1 Å². The number of hydrogen-bond acceptors (Lipinski definition) is 5. The van der Waals surface area contributed by atoms with Gasteiger partial charge in [-0.3, -0.25) is 10.1 Å². The predicted octanol–water partition coefficient (Wildman–Crippen LogP) is 2.44. The monoisotopic (exact) mass is 266 g/mol. The summed E-state index contributed by atoms with van der Waals surface area (Å²) in [7, 11) is 1.54. The Morgan fingerprint density at radius 1 is 1.58 bits per heavy atom. The number of hydrogen-bond donors (Lipinski definition) is 1. The van der Waals surface area contributed by atoms with Crippen molar-refractivity contribution in [1.29, 1.82) is 0 Å². The molecule has 1 unspecified atom stereocenters. The molecule has 0 bridgehead atoms. The first-order valence-corrected chi connectivity index (χ1v) is 6.34. The summed E-state index contributed by atoms with van der Waals surface area (Å²) in [5.74, 6) is 1.16. The van der Waals surface area contributed by atoms with Gasteiger partial charge in [-0.05, 0) is 24.8 Å². The molecule has 1 heterocycles. The van der Waals surface area contributed by atoms with Crippen LogP contribution in [0.5, 0.6) is 5.75 Å². The molecular weight excluding hydrogens is 248 g/mol. The first kappa shape index (κ1) is 13.6. The number of nitrogens with zero attached hydrogens (tertiary/aromatic N) is 1. The van der Waals surface area contributed by atoms with E-state index in [0.717, 1.165) is 26.1 Å². The molecule has 104 valence electrons. The maximum atomic E-state index is 10.9. The van der Waals surface area contributed by atoms with Crippen molar-refractivity contribution in [3.8, 4) is 5.75 Å². The smallest absolute Gasteiger partial charge is 0.292 e. The zero-order valence-electron chi connectivity index (χ0n) is 10.9. The van der Waals surface area contributed by atoms with E-state index in [-0.39, 0.29) is 10.6 Å². The lowest BCUT2D eigenvalue weighted by Gasteiger charge is -2.11. The van der Waals surface area contributed by atoms with E-state index >= 15 is 0 Å². The van der Waals surface area contributed by atoms with E-state index in [1.54, 1.807) is 19.2 Å². The lowest BCUT2D eigenvalue weighted by atomic mass is 10.1. The molecule has 0 aromatic heterocycles. The summed E-state index contributed by atoms with van der Waals surface area (Å²) < 4.78 is 10.4. The third kappa shape index (κ3) is 3.57. The molecule has 1 fully saturated rings. The van der Waals surface area contributed by atoms with Gasteiger partial charge >= 0.3 is 0 Å². The molecule has 1 aromatic rings. The number of ether oxygens (including phenoxy) is 2.